The van der Waals surface area contributed by atoms with Crippen LogP contribution < -0.4 is 16.0 Å². The van der Waals surface area contributed by atoms with Crippen molar-refractivity contribution in [3.05, 3.63) is 29.8 Å². The van der Waals surface area contributed by atoms with Gasteiger partial charge in [-0.25, -0.2) is 0 Å². The maximum absolute atomic E-state index is 11.7. The number of carbonyl (C=O) groups is 2. The topological polar surface area (TPSA) is 70.2 Å². The molecule has 5 nitrogen and oxygen atoms in total. The monoisotopic (exact) mass is 247 g/mol. The summed E-state index contributed by atoms with van der Waals surface area (Å²) in [4.78, 5) is 22.9. The van der Waals surface area contributed by atoms with Crippen molar-refractivity contribution < 1.29 is 9.59 Å². The van der Waals surface area contributed by atoms with E-state index in [1.165, 1.54) is 0 Å². The van der Waals surface area contributed by atoms with Gasteiger partial charge in [0.1, 0.15) is 0 Å². The van der Waals surface area contributed by atoms with E-state index >= 15 is 0 Å². The van der Waals surface area contributed by atoms with Gasteiger partial charge in [0, 0.05) is 25.8 Å². The Balaban J connectivity index is 1.90. The van der Waals surface area contributed by atoms with Crippen molar-refractivity contribution in [2.24, 2.45) is 5.92 Å². The van der Waals surface area contributed by atoms with Gasteiger partial charge in [-0.05, 0) is 17.7 Å². The Morgan fingerprint density at radius 1 is 1.28 bits per heavy atom. The number of rotatable bonds is 4. The summed E-state index contributed by atoms with van der Waals surface area (Å²) in [7, 11) is 1.61. The minimum absolute atomic E-state index is 0.0210. The fraction of sp³-hybridized carbons (Fsp3) is 0.385. The highest BCUT2D eigenvalue weighted by molar-refractivity contribution is 5.93. The zero-order chi connectivity index (χ0) is 13.0. The van der Waals surface area contributed by atoms with Gasteiger partial charge in [0.05, 0.1) is 12.3 Å². The van der Waals surface area contributed by atoms with E-state index in [2.05, 4.69) is 16.0 Å². The molecule has 1 aliphatic heterocycles. The van der Waals surface area contributed by atoms with Gasteiger partial charge >= 0.3 is 0 Å². The van der Waals surface area contributed by atoms with Crippen molar-refractivity contribution in [3.8, 4) is 0 Å². The van der Waals surface area contributed by atoms with E-state index in [1.807, 2.05) is 24.3 Å². The Morgan fingerprint density at radius 3 is 2.44 bits per heavy atom. The molecule has 0 spiro atoms. The molecule has 1 saturated heterocycles. The zero-order valence-corrected chi connectivity index (χ0v) is 10.3. The first-order chi connectivity index (χ1) is 8.69. The van der Waals surface area contributed by atoms with Gasteiger partial charge < -0.3 is 16.0 Å². The highest BCUT2D eigenvalue weighted by atomic mass is 16.2. The lowest BCUT2D eigenvalue weighted by Gasteiger charge is -2.25. The molecule has 2 rings (SSSR count). The van der Waals surface area contributed by atoms with Crippen LogP contribution in [0.25, 0.3) is 0 Å². The van der Waals surface area contributed by atoms with Gasteiger partial charge in [0.25, 0.3) is 0 Å². The number of hydrogen-bond acceptors (Lipinski definition) is 3. The maximum Gasteiger partial charge on any atom is 0.230 e. The Labute approximate surface area is 106 Å². The van der Waals surface area contributed by atoms with Gasteiger partial charge in [0.2, 0.25) is 11.8 Å². The fourth-order valence-electron chi connectivity index (χ4n) is 1.70. The maximum atomic E-state index is 11.7. The first kappa shape index (κ1) is 12.6. The summed E-state index contributed by atoms with van der Waals surface area (Å²) in [6.45, 7) is 1.50. The molecule has 0 atom stereocenters. The third kappa shape index (κ3) is 3.07. The van der Waals surface area contributed by atoms with Gasteiger partial charge in [-0.1, -0.05) is 12.1 Å². The van der Waals surface area contributed by atoms with Gasteiger partial charge in [0.15, 0.2) is 0 Å². The molecule has 0 unspecified atom stereocenters. The van der Waals surface area contributed by atoms with Crippen molar-refractivity contribution >= 4 is 17.5 Å². The van der Waals surface area contributed by atoms with Gasteiger partial charge in [-0.15, -0.1) is 0 Å². The third-order valence-corrected chi connectivity index (χ3v) is 3.02. The highest BCUT2D eigenvalue weighted by Gasteiger charge is 2.24. The van der Waals surface area contributed by atoms with E-state index in [1.54, 1.807) is 7.05 Å². The lowest BCUT2D eigenvalue weighted by molar-refractivity contribution is -0.121. The lowest BCUT2D eigenvalue weighted by Crippen LogP contribution is -2.48. The van der Waals surface area contributed by atoms with Gasteiger partial charge in [-0.2, -0.15) is 0 Å². The molecule has 2 amide bonds. The molecule has 3 N–H and O–H groups in total. The van der Waals surface area contributed by atoms with Crippen molar-refractivity contribution in [1.29, 1.82) is 0 Å². The van der Waals surface area contributed by atoms with Crippen LogP contribution in [0, 0.1) is 5.92 Å². The molecule has 0 aliphatic carbocycles. The van der Waals surface area contributed by atoms with Crippen LogP contribution in [-0.2, 0) is 16.0 Å². The van der Waals surface area contributed by atoms with Crippen LogP contribution in [0.5, 0.6) is 0 Å². The van der Waals surface area contributed by atoms with Crippen LogP contribution >= 0.6 is 0 Å². The second kappa shape index (κ2) is 5.64. The number of nitrogens with one attached hydrogen (secondary N) is 3. The molecule has 0 bridgehead atoms. The molecule has 0 saturated carbocycles. The summed E-state index contributed by atoms with van der Waals surface area (Å²) in [6, 6.07) is 7.35. The Morgan fingerprint density at radius 2 is 1.94 bits per heavy atom. The molecule has 1 aromatic rings. The van der Waals surface area contributed by atoms with E-state index in [4.69, 9.17) is 0 Å². The molecule has 18 heavy (non-hydrogen) atoms. The molecule has 0 aromatic heterocycles. The smallest absolute Gasteiger partial charge is 0.230 e. The predicted octanol–water partition coefficient (Wildman–Crippen LogP) is 0.133. The van der Waals surface area contributed by atoms with E-state index in [9.17, 15) is 9.59 Å². The average molecular weight is 247 g/mol. The van der Waals surface area contributed by atoms with Crippen LogP contribution in [0.1, 0.15) is 5.56 Å². The summed E-state index contributed by atoms with van der Waals surface area (Å²) >= 11 is 0. The second-order valence-electron chi connectivity index (χ2n) is 4.39. The highest BCUT2D eigenvalue weighted by Crippen LogP contribution is 2.13. The number of amides is 2. The minimum Gasteiger partial charge on any atom is -0.359 e. The molecule has 1 fully saturated rings. The summed E-state index contributed by atoms with van der Waals surface area (Å²) < 4.78 is 0. The van der Waals surface area contributed by atoms with E-state index in [0.29, 0.717) is 6.42 Å². The van der Waals surface area contributed by atoms with Gasteiger partial charge in [-0.3, -0.25) is 9.59 Å². The Hall–Kier alpha value is -1.88. The molecule has 1 aliphatic rings. The molecule has 5 heteroatoms. The zero-order valence-electron chi connectivity index (χ0n) is 10.3. The number of hydrogen-bond donors (Lipinski definition) is 3. The van der Waals surface area contributed by atoms with Crippen LogP contribution in [-0.4, -0.2) is 32.0 Å². The van der Waals surface area contributed by atoms with Crippen molar-refractivity contribution in [3.63, 3.8) is 0 Å². The number of likely N-dealkylation sites (N-methyl/N-ethyl adjacent to an activating group) is 1. The third-order valence-electron chi connectivity index (χ3n) is 3.02. The standard InChI is InChI=1S/C13H17N3O2/c1-14-12(17)6-9-2-4-11(5-3-9)16-13(18)10-7-15-8-10/h2-5,10,15H,6-8H2,1H3,(H,14,17)(H,16,18). The Kier molecular flexibility index (Phi) is 3.94. The predicted molar refractivity (Wildman–Crippen MR) is 69.2 cm³/mol. The number of benzene rings is 1. The molecule has 1 heterocycles. The Bertz CT molecular complexity index is 438. The van der Waals surface area contributed by atoms with E-state index < -0.39 is 0 Å². The minimum atomic E-state index is -0.0210. The molecule has 1 aromatic carbocycles. The van der Waals surface area contributed by atoms with Crippen molar-refractivity contribution in [2.75, 3.05) is 25.5 Å². The van der Waals surface area contributed by atoms with Crippen molar-refractivity contribution in [1.82, 2.24) is 10.6 Å². The fourth-order valence-corrected chi connectivity index (χ4v) is 1.70. The van der Waals surface area contributed by atoms with E-state index in [0.717, 1.165) is 24.3 Å². The lowest BCUT2D eigenvalue weighted by atomic mass is 10.0. The first-order valence-electron chi connectivity index (χ1n) is 6.00. The first-order valence-corrected chi connectivity index (χ1v) is 6.00. The normalized spacial score (nSPS) is 14.7. The van der Waals surface area contributed by atoms with Crippen molar-refractivity contribution in [2.45, 2.75) is 6.42 Å². The summed E-state index contributed by atoms with van der Waals surface area (Å²) in [6.07, 6.45) is 0.358. The van der Waals surface area contributed by atoms with Crippen LogP contribution in [0.3, 0.4) is 0 Å². The molecule has 96 valence electrons. The van der Waals surface area contributed by atoms with Crippen LogP contribution in [0.15, 0.2) is 24.3 Å². The number of carbonyl (C=O) groups excluding carboxylic acids is 2. The molecular weight excluding hydrogens is 230 g/mol. The summed E-state index contributed by atoms with van der Waals surface area (Å²) in [5.41, 5.74) is 1.70. The second-order valence-corrected chi connectivity index (χ2v) is 4.39. The SMILES string of the molecule is CNC(=O)Cc1ccc(NC(=O)C2CNC2)cc1. The average Bonchev–Trinajstić information content (AvgIpc) is 2.29. The molecule has 0 radical (unpaired) electrons. The van der Waals surface area contributed by atoms with E-state index in [-0.39, 0.29) is 17.7 Å². The summed E-state index contributed by atoms with van der Waals surface area (Å²) in [5.74, 6) is 0.107. The number of anilines is 1. The summed E-state index contributed by atoms with van der Waals surface area (Å²) in [5, 5.41) is 8.49. The van der Waals surface area contributed by atoms with Crippen LogP contribution in [0.4, 0.5) is 5.69 Å². The van der Waals surface area contributed by atoms with Crippen LogP contribution in [0.2, 0.25) is 0 Å². The molecular formula is C13H17N3O2. The largest absolute Gasteiger partial charge is 0.359 e. The quantitative estimate of drug-likeness (QED) is 0.708.